The number of nitrogens with zero attached hydrogens (tertiary/aromatic N) is 2. The number of hydrogen-bond acceptors (Lipinski definition) is 5. The summed E-state index contributed by atoms with van der Waals surface area (Å²) in [6.07, 6.45) is 0. The van der Waals surface area contributed by atoms with Gasteiger partial charge in [0.2, 0.25) is 5.82 Å². The van der Waals surface area contributed by atoms with Gasteiger partial charge < -0.3 is 10.4 Å². The van der Waals surface area contributed by atoms with Crippen molar-refractivity contribution in [3.05, 3.63) is 57.8 Å². The highest BCUT2D eigenvalue weighted by Gasteiger charge is 2.15. The van der Waals surface area contributed by atoms with E-state index in [1.54, 1.807) is 37.3 Å². The lowest BCUT2D eigenvalue weighted by molar-refractivity contribution is -0.384. The third-order valence-electron chi connectivity index (χ3n) is 2.65. The summed E-state index contributed by atoms with van der Waals surface area (Å²) in [4.78, 5) is 14.5. The summed E-state index contributed by atoms with van der Waals surface area (Å²) in [6.45, 7) is 2.03. The molecule has 0 bridgehead atoms. The summed E-state index contributed by atoms with van der Waals surface area (Å²) in [5, 5.41) is 23.4. The number of pyridine rings is 1. The van der Waals surface area contributed by atoms with Crippen LogP contribution >= 0.6 is 0 Å². The molecule has 6 heteroatoms. The normalized spacial score (nSPS) is 10.2. The van der Waals surface area contributed by atoms with Crippen LogP contribution in [-0.2, 0) is 6.54 Å². The van der Waals surface area contributed by atoms with Gasteiger partial charge in [0.25, 0.3) is 0 Å². The van der Waals surface area contributed by atoms with Crippen LogP contribution in [-0.4, -0.2) is 15.0 Å². The number of rotatable bonds is 4. The number of hydrogen-bond donors (Lipinski definition) is 2. The van der Waals surface area contributed by atoms with E-state index in [0.29, 0.717) is 11.3 Å². The summed E-state index contributed by atoms with van der Waals surface area (Å²) in [5.41, 5.74) is 1.26. The molecule has 0 amide bonds. The number of phenols is 1. The quantitative estimate of drug-likeness (QED) is 0.650. The molecule has 19 heavy (non-hydrogen) atoms. The predicted octanol–water partition coefficient (Wildman–Crippen LogP) is 2.62. The topological polar surface area (TPSA) is 88.3 Å². The molecule has 98 valence electrons. The first kappa shape index (κ1) is 12.8. The monoisotopic (exact) mass is 259 g/mol. The van der Waals surface area contributed by atoms with Crippen LogP contribution < -0.4 is 5.32 Å². The van der Waals surface area contributed by atoms with Crippen LogP contribution in [0.4, 0.5) is 11.5 Å². The number of phenolic OH excluding ortho intramolecular Hbond substituents is 1. The Balaban J connectivity index is 2.22. The number of aryl methyl sites for hydroxylation is 1. The van der Waals surface area contributed by atoms with Crippen LogP contribution in [0.2, 0.25) is 0 Å². The Morgan fingerprint density at radius 3 is 2.74 bits per heavy atom. The molecule has 0 saturated carbocycles. The summed E-state index contributed by atoms with van der Waals surface area (Å²) < 4.78 is 0. The Kier molecular flexibility index (Phi) is 3.61. The molecule has 0 atom stereocenters. The maximum atomic E-state index is 10.9. The van der Waals surface area contributed by atoms with Crippen molar-refractivity contribution >= 4 is 11.5 Å². The van der Waals surface area contributed by atoms with E-state index in [4.69, 9.17) is 0 Å². The highest BCUT2D eigenvalue weighted by Crippen LogP contribution is 2.24. The fraction of sp³-hybridized carbons (Fsp3) is 0.154. The van der Waals surface area contributed by atoms with E-state index < -0.39 is 4.92 Å². The average molecular weight is 259 g/mol. The molecule has 1 aromatic carbocycles. The third kappa shape index (κ3) is 2.98. The predicted molar refractivity (Wildman–Crippen MR) is 71.1 cm³/mol. The highest BCUT2D eigenvalue weighted by atomic mass is 16.6. The average Bonchev–Trinajstić information content (AvgIpc) is 2.37. The van der Waals surface area contributed by atoms with Gasteiger partial charge in [0.1, 0.15) is 5.75 Å². The van der Waals surface area contributed by atoms with Crippen molar-refractivity contribution in [1.29, 1.82) is 0 Å². The Labute approximate surface area is 109 Å². The van der Waals surface area contributed by atoms with Crippen molar-refractivity contribution in [2.45, 2.75) is 13.5 Å². The summed E-state index contributed by atoms with van der Waals surface area (Å²) in [5.74, 6) is 0.346. The fourth-order valence-corrected chi connectivity index (χ4v) is 1.67. The van der Waals surface area contributed by atoms with Gasteiger partial charge in [0, 0.05) is 23.9 Å². The molecular formula is C13H13N3O3. The molecule has 0 spiro atoms. The molecule has 2 aromatic rings. The molecule has 0 fully saturated rings. The summed E-state index contributed by atoms with van der Waals surface area (Å²) in [6, 6.07) is 9.80. The first-order valence-electron chi connectivity index (χ1n) is 5.70. The van der Waals surface area contributed by atoms with Crippen LogP contribution in [0.1, 0.15) is 11.3 Å². The molecule has 6 nitrogen and oxygen atoms in total. The van der Waals surface area contributed by atoms with Gasteiger partial charge in [-0.05, 0) is 19.1 Å². The van der Waals surface area contributed by atoms with Crippen LogP contribution in [0.3, 0.4) is 0 Å². The zero-order valence-corrected chi connectivity index (χ0v) is 10.3. The van der Waals surface area contributed by atoms with Crippen LogP contribution in [0, 0.1) is 17.0 Å². The third-order valence-corrected chi connectivity index (χ3v) is 2.65. The second-order valence-corrected chi connectivity index (χ2v) is 4.06. The lowest BCUT2D eigenvalue weighted by atomic mass is 10.2. The fourth-order valence-electron chi connectivity index (χ4n) is 1.67. The SMILES string of the molecule is Cc1ccc([N+](=O)[O-])c(NCc2ccccc2O)n1. The first-order valence-corrected chi connectivity index (χ1v) is 5.70. The van der Waals surface area contributed by atoms with Gasteiger partial charge in [-0.15, -0.1) is 0 Å². The van der Waals surface area contributed by atoms with Crippen molar-refractivity contribution in [3.8, 4) is 5.75 Å². The van der Waals surface area contributed by atoms with Crippen molar-refractivity contribution in [3.63, 3.8) is 0 Å². The van der Waals surface area contributed by atoms with Gasteiger partial charge in [0.05, 0.1) is 4.92 Å². The molecule has 0 unspecified atom stereocenters. The number of nitro groups is 1. The van der Waals surface area contributed by atoms with E-state index in [2.05, 4.69) is 10.3 Å². The van der Waals surface area contributed by atoms with Gasteiger partial charge in [-0.1, -0.05) is 18.2 Å². The van der Waals surface area contributed by atoms with E-state index >= 15 is 0 Å². The van der Waals surface area contributed by atoms with Gasteiger partial charge in [-0.3, -0.25) is 10.1 Å². The number of benzene rings is 1. The summed E-state index contributed by atoms with van der Waals surface area (Å²) >= 11 is 0. The minimum absolute atomic E-state index is 0.0824. The Hall–Kier alpha value is -2.63. The zero-order chi connectivity index (χ0) is 13.8. The van der Waals surface area contributed by atoms with Gasteiger partial charge in [-0.25, -0.2) is 4.98 Å². The van der Waals surface area contributed by atoms with Crippen molar-refractivity contribution in [1.82, 2.24) is 4.98 Å². The second kappa shape index (κ2) is 5.34. The van der Waals surface area contributed by atoms with Crippen molar-refractivity contribution in [2.24, 2.45) is 0 Å². The number of nitrogens with one attached hydrogen (secondary N) is 1. The van der Waals surface area contributed by atoms with Crippen molar-refractivity contribution in [2.75, 3.05) is 5.32 Å². The van der Waals surface area contributed by atoms with E-state index in [9.17, 15) is 15.2 Å². The molecule has 0 radical (unpaired) electrons. The van der Waals surface area contributed by atoms with E-state index in [1.807, 2.05) is 0 Å². The summed E-state index contributed by atoms with van der Waals surface area (Å²) in [7, 11) is 0. The molecule has 0 aliphatic carbocycles. The lowest BCUT2D eigenvalue weighted by Crippen LogP contribution is -2.05. The minimum Gasteiger partial charge on any atom is -0.508 e. The van der Waals surface area contributed by atoms with Gasteiger partial charge >= 0.3 is 5.69 Å². The molecule has 0 aliphatic rings. The largest absolute Gasteiger partial charge is 0.508 e. The maximum Gasteiger partial charge on any atom is 0.311 e. The standard InChI is InChI=1S/C13H13N3O3/c1-9-6-7-11(16(18)19)13(15-9)14-8-10-4-2-3-5-12(10)17/h2-7,17H,8H2,1H3,(H,14,15). The molecule has 0 saturated heterocycles. The molecule has 1 heterocycles. The van der Waals surface area contributed by atoms with E-state index in [1.165, 1.54) is 6.07 Å². The molecule has 2 rings (SSSR count). The van der Waals surface area contributed by atoms with Crippen LogP contribution in [0.5, 0.6) is 5.75 Å². The van der Waals surface area contributed by atoms with Crippen LogP contribution in [0.25, 0.3) is 0 Å². The number of anilines is 1. The van der Waals surface area contributed by atoms with Gasteiger partial charge in [-0.2, -0.15) is 0 Å². The van der Waals surface area contributed by atoms with E-state index in [-0.39, 0.29) is 23.8 Å². The molecular weight excluding hydrogens is 246 g/mol. The molecule has 2 N–H and O–H groups in total. The number of aromatic nitrogens is 1. The number of aromatic hydroxyl groups is 1. The Bertz CT molecular complexity index is 614. The minimum atomic E-state index is -0.486. The van der Waals surface area contributed by atoms with E-state index in [0.717, 1.165) is 0 Å². The molecule has 1 aromatic heterocycles. The van der Waals surface area contributed by atoms with Gasteiger partial charge in [0.15, 0.2) is 0 Å². The Morgan fingerprint density at radius 1 is 1.32 bits per heavy atom. The highest BCUT2D eigenvalue weighted by molar-refractivity contribution is 5.56. The second-order valence-electron chi connectivity index (χ2n) is 4.06. The smallest absolute Gasteiger partial charge is 0.311 e. The number of para-hydroxylation sites is 1. The first-order chi connectivity index (χ1) is 9.08. The Morgan fingerprint density at radius 2 is 2.05 bits per heavy atom. The zero-order valence-electron chi connectivity index (χ0n) is 10.3. The van der Waals surface area contributed by atoms with Crippen molar-refractivity contribution < 1.29 is 10.0 Å². The van der Waals surface area contributed by atoms with Crippen LogP contribution in [0.15, 0.2) is 36.4 Å². The molecule has 0 aliphatic heterocycles. The lowest BCUT2D eigenvalue weighted by Gasteiger charge is -2.08. The maximum absolute atomic E-state index is 10.9.